The Morgan fingerprint density at radius 3 is 0.883 bits per heavy atom. The van der Waals surface area contributed by atoms with Crippen LogP contribution in [0.3, 0.4) is 0 Å². The molecule has 4 saturated heterocycles. The second kappa shape index (κ2) is 20.3. The van der Waals surface area contributed by atoms with Crippen LogP contribution in [0.1, 0.15) is 50.6 Å². The summed E-state index contributed by atoms with van der Waals surface area (Å²) in [4.78, 5) is 49.7. The maximum atomic E-state index is 15.2. The standard InChI is InChI=1S/C40H48N20O15P2/c41-29-25-33(49-9-45-29)57(13-53-25)37-21(61)1-17(71-37)5-67-76(65,68-6-18-2-22(62)38(72-18)58-14-54-26-30(42)46-10-50-34(26)58)75-77(66,69-7-19-3-23(63)39(73-19)59-15-55-27-31(43)47-11-51-35(27)59)70-8-20-4-24(64)40(74-20)60-16-56-28-32(44)48-12-52-36(28)60/h9-24,37-40,61-64H,1-8H2,(H2,41,45,49)(H2,42,46,50)(H2,43,47,51)(H2,44,48,52)/t17-,18-,19-,20-,21+,22+,23+,24+,37+,38+,39+,40+/m0/s1. The lowest BCUT2D eigenvalue weighted by molar-refractivity contribution is -0.0612. The highest BCUT2D eigenvalue weighted by Gasteiger charge is 2.48. The van der Waals surface area contributed by atoms with Gasteiger partial charge in [0.25, 0.3) is 0 Å². The largest absolute Gasteiger partial charge is 0.483 e. The molecule has 12 atom stereocenters. The number of phosphoric ester groups is 2. The smallest absolute Gasteiger partial charge is 0.388 e. The summed E-state index contributed by atoms with van der Waals surface area (Å²) in [6, 6.07) is 0. The molecule has 408 valence electrons. The molecule has 0 saturated carbocycles. The number of imidazole rings is 4. The molecule has 4 aliphatic rings. The predicted octanol–water partition coefficient (Wildman–Crippen LogP) is -0.432. The summed E-state index contributed by atoms with van der Waals surface area (Å²) in [6.07, 6.45) is -3.23. The normalized spacial score (nSPS) is 28.1. The highest BCUT2D eigenvalue weighted by Crippen LogP contribution is 2.67. The summed E-state index contributed by atoms with van der Waals surface area (Å²) in [6.45, 7) is -2.47. The monoisotopic (exact) mass is 1110 g/mol. The first kappa shape index (κ1) is 51.1. The molecule has 8 aromatic rings. The van der Waals surface area contributed by atoms with Crippen molar-refractivity contribution in [2.24, 2.45) is 0 Å². The topological polar surface area (TPSA) is 477 Å². The van der Waals surface area contributed by atoms with Gasteiger partial charge in [-0.25, -0.2) is 68.9 Å². The number of fused-ring (bicyclic) bond motifs is 4. The average molecular weight is 1110 g/mol. The Hall–Kier alpha value is -6.66. The Kier molecular flexibility index (Phi) is 13.5. The van der Waals surface area contributed by atoms with Crippen LogP contribution < -0.4 is 22.9 Å². The van der Waals surface area contributed by atoms with Gasteiger partial charge in [0, 0.05) is 25.7 Å². The van der Waals surface area contributed by atoms with Crippen molar-refractivity contribution in [2.75, 3.05) is 49.4 Å². The lowest BCUT2D eigenvalue weighted by Crippen LogP contribution is -2.21. The van der Waals surface area contributed by atoms with Gasteiger partial charge in [-0.2, -0.15) is 4.31 Å². The molecule has 12 rings (SSSR count). The van der Waals surface area contributed by atoms with Crippen LogP contribution in [0, 0.1) is 0 Å². The fourth-order valence-corrected chi connectivity index (χ4v) is 12.8. The second-order valence-electron chi connectivity index (χ2n) is 18.3. The molecule has 0 radical (unpaired) electrons. The first-order valence-electron chi connectivity index (χ1n) is 23.7. The predicted molar refractivity (Wildman–Crippen MR) is 257 cm³/mol. The van der Waals surface area contributed by atoms with Crippen molar-refractivity contribution in [2.45, 2.75) is 99.4 Å². The van der Waals surface area contributed by atoms with Gasteiger partial charge in [0.15, 0.2) is 70.8 Å². The fourth-order valence-electron chi connectivity index (χ4n) is 9.56. The molecule has 37 heteroatoms. The number of phosphoric acid groups is 2. The van der Waals surface area contributed by atoms with E-state index in [4.69, 9.17) is 64.3 Å². The van der Waals surface area contributed by atoms with Gasteiger partial charge in [-0.3, -0.25) is 36.4 Å². The van der Waals surface area contributed by atoms with Gasteiger partial charge in [-0.15, -0.1) is 0 Å². The molecule has 0 unspecified atom stereocenters. The molecular formula is C40H48N20O15P2. The molecule has 0 amide bonds. The molecule has 12 N–H and O–H groups in total. The van der Waals surface area contributed by atoms with Crippen LogP contribution >= 0.6 is 15.6 Å². The SMILES string of the molecule is Nc1ncnc2c1ncn2[C@@H]1O[C@H](COP(=O)(OC[C@@H]2C[C@@H](O)[C@H](n3cnc4c(N)ncnc43)O2)OP(=O)(OC[C@@H]2C[C@@H](O)[C@H](n3cnc4c(N)ncnc43)O2)OC[C@@H]2C[C@@H](O)[C@H](n3cnc4c(N)ncnc43)O2)C[C@H]1O. The number of nitrogens with zero attached hydrogens (tertiary/aromatic N) is 16. The lowest BCUT2D eigenvalue weighted by Gasteiger charge is -2.26. The number of aliphatic hydroxyl groups is 4. The number of hydrogen-bond acceptors (Lipinski definition) is 31. The number of aliphatic hydroxyl groups excluding tert-OH is 4. The maximum Gasteiger partial charge on any atom is 0.483 e. The van der Waals surface area contributed by atoms with E-state index in [1.54, 1.807) is 0 Å². The highest BCUT2D eigenvalue weighted by molar-refractivity contribution is 7.62. The Morgan fingerprint density at radius 1 is 0.416 bits per heavy atom. The second-order valence-corrected chi connectivity index (χ2v) is 21.8. The van der Waals surface area contributed by atoms with Crippen molar-refractivity contribution >= 4 is 83.6 Å². The number of hydrogen-bond donors (Lipinski definition) is 8. The minimum atomic E-state index is -5.26. The third-order valence-electron chi connectivity index (χ3n) is 13.2. The van der Waals surface area contributed by atoms with E-state index in [2.05, 4.69) is 59.8 Å². The molecule has 77 heavy (non-hydrogen) atoms. The summed E-state index contributed by atoms with van der Waals surface area (Å²) < 4.78 is 90.3. The van der Waals surface area contributed by atoms with Crippen molar-refractivity contribution < 1.29 is 70.9 Å². The lowest BCUT2D eigenvalue weighted by atomic mass is 10.2. The summed E-state index contributed by atoms with van der Waals surface area (Å²) in [5, 5.41) is 44.9. The molecule has 0 bridgehead atoms. The molecule has 8 aromatic heterocycles. The van der Waals surface area contributed by atoms with E-state index in [-0.39, 0.29) is 93.6 Å². The van der Waals surface area contributed by atoms with Gasteiger partial charge in [-0.1, -0.05) is 0 Å². The Labute approximate surface area is 431 Å². The van der Waals surface area contributed by atoms with Gasteiger partial charge in [0.05, 0.1) is 76.2 Å². The van der Waals surface area contributed by atoms with Crippen molar-refractivity contribution in [3.63, 3.8) is 0 Å². The minimum Gasteiger partial charge on any atom is -0.388 e. The number of rotatable bonds is 18. The van der Waals surface area contributed by atoms with E-state index in [1.807, 2.05) is 0 Å². The molecule has 35 nitrogen and oxygen atoms in total. The van der Waals surface area contributed by atoms with Crippen molar-refractivity contribution in [3.8, 4) is 0 Å². The van der Waals surface area contributed by atoms with Crippen molar-refractivity contribution in [1.29, 1.82) is 0 Å². The van der Waals surface area contributed by atoms with Gasteiger partial charge in [0.1, 0.15) is 71.8 Å². The minimum absolute atomic E-state index is 0.0945. The van der Waals surface area contributed by atoms with Gasteiger partial charge < -0.3 is 62.3 Å². The van der Waals surface area contributed by atoms with E-state index >= 15 is 9.13 Å². The third kappa shape index (κ3) is 9.78. The van der Waals surface area contributed by atoms with Crippen LogP contribution in [-0.2, 0) is 50.5 Å². The molecule has 4 fully saturated rings. The van der Waals surface area contributed by atoms with Crippen LogP contribution in [0.15, 0.2) is 50.6 Å². The van der Waals surface area contributed by atoms with E-state index in [0.717, 1.165) is 0 Å². The molecule has 4 aliphatic heterocycles. The zero-order chi connectivity index (χ0) is 53.3. The quantitative estimate of drug-likeness (QED) is 0.0505. The number of nitrogens with two attached hydrogens (primary N) is 4. The average Bonchev–Trinajstić information content (AvgIpc) is 4.33. The van der Waals surface area contributed by atoms with Gasteiger partial charge in [0.2, 0.25) is 0 Å². The Balaban J connectivity index is 0.806. The summed E-state index contributed by atoms with van der Waals surface area (Å²) in [5.74, 6) is 0.383. The molecule has 12 heterocycles. The summed E-state index contributed by atoms with van der Waals surface area (Å²) in [5.41, 5.74) is 26.1. The summed E-state index contributed by atoms with van der Waals surface area (Å²) in [7, 11) is -10.5. The first-order chi connectivity index (χ1) is 37.1. The number of aromatic nitrogens is 16. The third-order valence-corrected chi connectivity index (χ3v) is 16.6. The Bertz CT molecular complexity index is 3120. The van der Waals surface area contributed by atoms with Crippen LogP contribution in [0.2, 0.25) is 0 Å². The highest BCUT2D eigenvalue weighted by atomic mass is 31.3. The molecule has 0 aromatic carbocycles. The van der Waals surface area contributed by atoms with Crippen molar-refractivity contribution in [3.05, 3.63) is 50.6 Å². The van der Waals surface area contributed by atoms with E-state index in [1.165, 1.54) is 68.9 Å². The first-order valence-corrected chi connectivity index (χ1v) is 26.6. The molecular weight excluding hydrogens is 1060 g/mol. The van der Waals surface area contributed by atoms with E-state index in [0.29, 0.717) is 0 Å². The van der Waals surface area contributed by atoms with Crippen LogP contribution in [0.4, 0.5) is 23.3 Å². The number of nitrogen functional groups attached to an aromatic ring is 4. The van der Waals surface area contributed by atoms with Gasteiger partial charge >= 0.3 is 15.6 Å². The Morgan fingerprint density at radius 2 is 0.649 bits per heavy atom. The van der Waals surface area contributed by atoms with Crippen LogP contribution in [0.25, 0.3) is 44.7 Å². The van der Waals surface area contributed by atoms with Crippen molar-refractivity contribution in [1.82, 2.24) is 78.1 Å². The van der Waals surface area contributed by atoms with E-state index < -0.39 is 116 Å². The van der Waals surface area contributed by atoms with E-state index in [9.17, 15) is 20.4 Å². The number of ether oxygens (including phenoxy) is 4. The maximum absolute atomic E-state index is 15.2. The molecule has 0 aliphatic carbocycles. The molecule has 0 spiro atoms. The van der Waals surface area contributed by atoms with Crippen LogP contribution in [-0.4, -0.2) is 174 Å². The van der Waals surface area contributed by atoms with Crippen LogP contribution in [0.5, 0.6) is 0 Å². The summed E-state index contributed by atoms with van der Waals surface area (Å²) >= 11 is 0. The zero-order valence-electron chi connectivity index (χ0n) is 39.8. The fraction of sp³-hybridized carbons (Fsp3) is 0.500. The zero-order valence-corrected chi connectivity index (χ0v) is 41.6. The van der Waals surface area contributed by atoms with Gasteiger partial charge in [-0.05, 0) is 0 Å². The number of anilines is 4.